The van der Waals surface area contributed by atoms with Gasteiger partial charge < -0.3 is 64.6 Å². The number of carbonyl (C=O) groups excluding carboxylic acids is 5. The van der Waals surface area contributed by atoms with Crippen LogP contribution in [0.25, 0.3) is 10.9 Å². The normalized spacial score (nSPS) is 13.5. The van der Waals surface area contributed by atoms with Crippen LogP contribution < -0.4 is 49.5 Å². The number of guanidine groups is 1. The zero-order valence-electron chi connectivity index (χ0n) is 33.2. The number of aliphatic carboxylic acids is 1. The maximum Gasteiger partial charge on any atom is 0.326 e. The highest BCUT2D eigenvalue weighted by Crippen LogP contribution is 2.19. The third-order valence-corrected chi connectivity index (χ3v) is 9.56. The summed E-state index contributed by atoms with van der Waals surface area (Å²) in [4.78, 5) is 94.0. The van der Waals surface area contributed by atoms with Gasteiger partial charge in [-0.25, -0.2) is 9.78 Å². The maximum absolute atomic E-state index is 14.2. The number of benzene rings is 2. The Labute approximate surface area is 346 Å². The number of aromatic amines is 2. The largest absolute Gasteiger partial charge is 0.480 e. The molecule has 322 valence electrons. The molecular formula is C40H55N13O7. The van der Waals surface area contributed by atoms with Gasteiger partial charge in [0, 0.05) is 54.8 Å². The van der Waals surface area contributed by atoms with E-state index in [1.54, 1.807) is 36.5 Å². The minimum absolute atomic E-state index is 0.0181. The number of aromatic nitrogens is 3. The van der Waals surface area contributed by atoms with Gasteiger partial charge in [0.15, 0.2) is 5.96 Å². The van der Waals surface area contributed by atoms with Crippen molar-refractivity contribution >= 4 is 52.4 Å². The summed E-state index contributed by atoms with van der Waals surface area (Å²) in [5.41, 5.74) is 25.5. The van der Waals surface area contributed by atoms with Gasteiger partial charge in [-0.2, -0.15) is 0 Å². The topological polar surface area (TPSA) is 344 Å². The van der Waals surface area contributed by atoms with Crippen molar-refractivity contribution in [2.45, 2.75) is 81.6 Å². The van der Waals surface area contributed by atoms with Crippen LogP contribution in [0.15, 0.2) is 78.3 Å². The van der Waals surface area contributed by atoms with Crippen LogP contribution in [0.5, 0.6) is 0 Å². The second-order valence-corrected chi connectivity index (χ2v) is 14.2. The Morgan fingerprint density at radius 3 is 2.10 bits per heavy atom. The van der Waals surface area contributed by atoms with E-state index in [9.17, 15) is 33.9 Å². The SMILES string of the molecule is NCCCC[C@H](NC(=O)CNC(=O)[C@H](Cc1c[nH]c2ccccc12)NC(=O)[C@H](CCCN=C(N)N)NC(=O)[C@@H](Cc1ccccc1)NC(=O)[C@@H](N)Cc1cnc[nH]1)C(=O)O. The lowest BCUT2D eigenvalue weighted by Crippen LogP contribution is -2.59. The van der Waals surface area contributed by atoms with Gasteiger partial charge in [0.2, 0.25) is 29.5 Å². The summed E-state index contributed by atoms with van der Waals surface area (Å²) in [6.45, 7) is -0.0954. The first-order chi connectivity index (χ1) is 28.8. The summed E-state index contributed by atoms with van der Waals surface area (Å²) in [5.74, 6) is -4.94. The standard InChI is InChI=1S/C40H55N13O7/c41-15-7-6-13-31(39(59)60)50-34(54)22-48-36(56)33(18-25-20-47-29-12-5-4-11-27(25)29)53-37(57)30(14-8-16-46-40(43)44)51-38(58)32(17-24-9-2-1-3-10-24)52-35(55)28(42)19-26-21-45-23-49-26/h1-5,9-12,20-21,23,28,30-33,47H,6-8,13-19,22,41-42H2,(H,45,49)(H,48,56)(H,50,54)(H,51,58)(H,52,55)(H,53,57)(H,59,60)(H4,43,44,46)/t28-,30-,31-,32+,33-/m0/s1. The number of para-hydroxylation sites is 1. The monoisotopic (exact) mass is 829 g/mol. The molecule has 20 heteroatoms. The molecule has 4 rings (SSSR count). The van der Waals surface area contributed by atoms with Gasteiger partial charge in [0.1, 0.15) is 24.2 Å². The van der Waals surface area contributed by atoms with Gasteiger partial charge in [-0.05, 0) is 55.8 Å². The first-order valence-electron chi connectivity index (χ1n) is 19.6. The highest BCUT2D eigenvalue weighted by atomic mass is 16.4. The lowest BCUT2D eigenvalue weighted by atomic mass is 10.0. The molecule has 0 radical (unpaired) electrons. The number of carboxylic acid groups (broad SMARTS) is 1. The van der Waals surface area contributed by atoms with E-state index in [1.807, 2.05) is 24.3 Å². The number of nitrogens with two attached hydrogens (primary N) is 4. The summed E-state index contributed by atoms with van der Waals surface area (Å²) in [5, 5.41) is 23.5. The molecule has 0 spiro atoms. The minimum Gasteiger partial charge on any atom is -0.480 e. The van der Waals surface area contributed by atoms with Crippen molar-refractivity contribution in [3.8, 4) is 0 Å². The first-order valence-corrected chi connectivity index (χ1v) is 19.6. The number of amides is 5. The van der Waals surface area contributed by atoms with Crippen molar-refractivity contribution in [2.75, 3.05) is 19.6 Å². The van der Waals surface area contributed by atoms with Gasteiger partial charge in [0.25, 0.3) is 0 Å². The molecule has 0 bridgehead atoms. The molecule has 20 nitrogen and oxygen atoms in total. The van der Waals surface area contributed by atoms with Crippen LogP contribution in [0.1, 0.15) is 48.9 Å². The van der Waals surface area contributed by atoms with Gasteiger partial charge in [-0.1, -0.05) is 48.5 Å². The molecule has 0 saturated carbocycles. The van der Waals surface area contributed by atoms with E-state index in [0.717, 1.165) is 16.5 Å². The van der Waals surface area contributed by atoms with Gasteiger partial charge in [0.05, 0.1) is 18.9 Å². The third-order valence-electron chi connectivity index (χ3n) is 9.56. The number of nitrogens with zero attached hydrogens (tertiary/aromatic N) is 2. The van der Waals surface area contributed by atoms with Crippen molar-refractivity contribution in [1.29, 1.82) is 0 Å². The fourth-order valence-corrected chi connectivity index (χ4v) is 6.40. The molecule has 0 aliphatic carbocycles. The Hall–Kier alpha value is -6.80. The summed E-state index contributed by atoms with van der Waals surface area (Å²) in [6, 6.07) is 10.4. The van der Waals surface area contributed by atoms with E-state index in [0.29, 0.717) is 30.6 Å². The second-order valence-electron chi connectivity index (χ2n) is 14.2. The van der Waals surface area contributed by atoms with E-state index < -0.39 is 72.3 Å². The van der Waals surface area contributed by atoms with Crippen molar-refractivity contribution in [1.82, 2.24) is 41.5 Å². The number of unbranched alkanes of at least 4 members (excludes halogenated alkanes) is 1. The number of aliphatic imine (C=N–C) groups is 1. The second kappa shape index (κ2) is 23.6. The van der Waals surface area contributed by atoms with Crippen LogP contribution in [0.2, 0.25) is 0 Å². The first kappa shape index (κ1) is 45.9. The Morgan fingerprint density at radius 1 is 0.733 bits per heavy atom. The smallest absolute Gasteiger partial charge is 0.326 e. The molecule has 2 aromatic heterocycles. The summed E-state index contributed by atoms with van der Waals surface area (Å²) in [7, 11) is 0. The molecule has 0 unspecified atom stereocenters. The van der Waals surface area contributed by atoms with Crippen molar-refractivity contribution in [3.63, 3.8) is 0 Å². The molecule has 0 aliphatic heterocycles. The Bertz CT molecular complexity index is 2050. The molecular weight excluding hydrogens is 775 g/mol. The number of carboxylic acids is 1. The fraction of sp³-hybridized carbons (Fsp3) is 0.400. The maximum atomic E-state index is 14.2. The van der Waals surface area contributed by atoms with Crippen LogP contribution >= 0.6 is 0 Å². The number of hydrogen-bond donors (Lipinski definition) is 12. The molecule has 4 aromatic rings. The number of carbonyl (C=O) groups is 6. The van der Waals surface area contributed by atoms with Gasteiger partial charge >= 0.3 is 5.97 Å². The average molecular weight is 830 g/mol. The van der Waals surface area contributed by atoms with E-state index in [2.05, 4.69) is 46.5 Å². The predicted octanol–water partition coefficient (Wildman–Crippen LogP) is -1.43. The van der Waals surface area contributed by atoms with Gasteiger partial charge in [-0.3, -0.25) is 29.0 Å². The van der Waals surface area contributed by atoms with Crippen LogP contribution in [0, 0.1) is 0 Å². The summed E-state index contributed by atoms with van der Waals surface area (Å²) in [6.07, 6.45) is 6.29. The Morgan fingerprint density at radius 2 is 1.40 bits per heavy atom. The number of H-pyrrole nitrogens is 2. The van der Waals surface area contributed by atoms with Gasteiger partial charge in [-0.15, -0.1) is 0 Å². The van der Waals surface area contributed by atoms with E-state index in [-0.39, 0.29) is 51.0 Å². The van der Waals surface area contributed by atoms with Crippen molar-refractivity contribution in [3.05, 3.63) is 90.1 Å². The van der Waals surface area contributed by atoms with E-state index in [1.165, 1.54) is 12.5 Å². The highest BCUT2D eigenvalue weighted by molar-refractivity contribution is 5.96. The molecule has 0 saturated heterocycles. The third kappa shape index (κ3) is 14.9. The van der Waals surface area contributed by atoms with Crippen LogP contribution in [0.3, 0.4) is 0 Å². The van der Waals surface area contributed by atoms with Crippen LogP contribution in [-0.4, -0.2) is 111 Å². The van der Waals surface area contributed by atoms with Crippen molar-refractivity contribution < 1.29 is 33.9 Å². The average Bonchev–Trinajstić information content (AvgIpc) is 3.90. The van der Waals surface area contributed by atoms with E-state index in [4.69, 9.17) is 22.9 Å². The molecule has 2 aromatic carbocycles. The van der Waals surface area contributed by atoms with Crippen molar-refractivity contribution in [2.24, 2.45) is 27.9 Å². The number of imidazole rings is 1. The summed E-state index contributed by atoms with van der Waals surface area (Å²) >= 11 is 0. The Kier molecular flexibility index (Phi) is 18.0. The summed E-state index contributed by atoms with van der Waals surface area (Å²) < 4.78 is 0. The predicted molar refractivity (Wildman–Crippen MR) is 224 cm³/mol. The number of hydrogen-bond acceptors (Lipinski definition) is 10. The van der Waals surface area contributed by atoms with E-state index >= 15 is 0 Å². The highest BCUT2D eigenvalue weighted by Gasteiger charge is 2.31. The molecule has 5 atom stereocenters. The fourth-order valence-electron chi connectivity index (χ4n) is 6.40. The molecule has 0 fully saturated rings. The number of rotatable bonds is 25. The van der Waals surface area contributed by atoms with Crippen LogP contribution in [0.4, 0.5) is 0 Å². The lowest BCUT2D eigenvalue weighted by Gasteiger charge is -2.26. The molecule has 5 amide bonds. The number of fused-ring (bicyclic) bond motifs is 1. The van der Waals surface area contributed by atoms with Crippen LogP contribution in [-0.2, 0) is 48.0 Å². The minimum atomic E-state index is -1.28. The lowest BCUT2D eigenvalue weighted by molar-refractivity contribution is -0.142. The molecule has 16 N–H and O–H groups in total. The zero-order chi connectivity index (χ0) is 43.4. The molecule has 60 heavy (non-hydrogen) atoms. The zero-order valence-corrected chi connectivity index (χ0v) is 33.2. The number of nitrogens with one attached hydrogen (secondary N) is 7. The molecule has 2 heterocycles. The molecule has 0 aliphatic rings. The quantitative estimate of drug-likeness (QED) is 0.0208. The Balaban J connectivity index is 1.56.